The third-order valence-electron chi connectivity index (χ3n) is 0.829. The molecule has 9 heavy (non-hydrogen) atoms. The van der Waals surface area contributed by atoms with Crippen molar-refractivity contribution < 1.29 is 0 Å². The summed E-state index contributed by atoms with van der Waals surface area (Å²) in [6.45, 7) is 6.62. The van der Waals surface area contributed by atoms with E-state index in [4.69, 9.17) is 5.73 Å². The van der Waals surface area contributed by atoms with Crippen LogP contribution >= 0.6 is 0 Å². The maximum absolute atomic E-state index is 5.34. The summed E-state index contributed by atoms with van der Waals surface area (Å²) in [5, 5.41) is 10.1. The molecule has 0 radical (unpaired) electrons. The summed E-state index contributed by atoms with van der Waals surface area (Å²) < 4.78 is 0. The van der Waals surface area contributed by atoms with Crippen LogP contribution in [0.5, 0.6) is 0 Å². The fourth-order valence-electron chi connectivity index (χ4n) is 0.178. The molecule has 0 rings (SSSR count). The zero-order valence-corrected chi connectivity index (χ0v) is 5.63. The van der Waals surface area contributed by atoms with E-state index in [0.717, 1.165) is 0 Å². The standard InChI is InChI=1S/C5H10N4/c1-4(6)5(2)8-9-7-3/h3,6H2,1-2H3/b5-4-,9-8-. The van der Waals surface area contributed by atoms with Gasteiger partial charge in [-0.2, -0.15) is 0 Å². The Hall–Kier alpha value is -1.19. The fraction of sp³-hybridized carbons (Fsp3) is 0.400. The lowest BCUT2D eigenvalue weighted by molar-refractivity contribution is 0.987. The molecule has 0 aromatic rings. The predicted molar refractivity (Wildman–Crippen MR) is 37.0 cm³/mol. The van der Waals surface area contributed by atoms with Crippen molar-refractivity contribution in [2.75, 3.05) is 0 Å². The van der Waals surface area contributed by atoms with E-state index in [1.807, 2.05) is 0 Å². The normalized spacial score (nSPS) is 13.6. The van der Waals surface area contributed by atoms with Crippen LogP contribution in [0.15, 0.2) is 26.8 Å². The van der Waals surface area contributed by atoms with Crippen LogP contribution in [-0.2, 0) is 0 Å². The average Bonchev–Trinajstić information content (AvgIpc) is 1.82. The van der Waals surface area contributed by atoms with E-state index in [1.165, 1.54) is 0 Å². The van der Waals surface area contributed by atoms with E-state index in [-0.39, 0.29) is 0 Å². The Kier molecular flexibility index (Phi) is 3.27. The number of allylic oxidation sites excluding steroid dienone is 2. The quantitative estimate of drug-likeness (QED) is 0.338. The van der Waals surface area contributed by atoms with Crippen LogP contribution in [0, 0.1) is 0 Å². The Balaban J connectivity index is 4.06. The second-order valence-corrected chi connectivity index (χ2v) is 1.60. The number of hydrogen-bond acceptors (Lipinski definition) is 3. The van der Waals surface area contributed by atoms with Crippen LogP contribution < -0.4 is 5.73 Å². The number of nitrogens with zero attached hydrogens (tertiary/aromatic N) is 3. The highest BCUT2D eigenvalue weighted by molar-refractivity contribution is 5.22. The summed E-state index contributed by atoms with van der Waals surface area (Å²) >= 11 is 0. The largest absolute Gasteiger partial charge is 0.401 e. The van der Waals surface area contributed by atoms with Crippen LogP contribution in [0.2, 0.25) is 0 Å². The summed E-state index contributed by atoms with van der Waals surface area (Å²) in [5.41, 5.74) is 6.65. The van der Waals surface area contributed by atoms with E-state index in [9.17, 15) is 0 Å². The summed E-state index contributed by atoms with van der Waals surface area (Å²) in [7, 11) is 0. The van der Waals surface area contributed by atoms with Crippen LogP contribution in [-0.4, -0.2) is 6.72 Å². The van der Waals surface area contributed by atoms with Crippen molar-refractivity contribution in [1.29, 1.82) is 0 Å². The van der Waals surface area contributed by atoms with Gasteiger partial charge < -0.3 is 5.73 Å². The molecule has 0 atom stereocenters. The molecule has 0 amide bonds. The van der Waals surface area contributed by atoms with E-state index in [2.05, 4.69) is 22.2 Å². The van der Waals surface area contributed by atoms with E-state index < -0.39 is 0 Å². The van der Waals surface area contributed by atoms with Crippen molar-refractivity contribution in [2.45, 2.75) is 13.8 Å². The van der Waals surface area contributed by atoms with Gasteiger partial charge in [0.1, 0.15) is 0 Å². The van der Waals surface area contributed by atoms with Gasteiger partial charge in [-0.15, -0.1) is 10.2 Å². The highest BCUT2D eigenvalue weighted by atomic mass is 15.4. The fourth-order valence-corrected chi connectivity index (χ4v) is 0.178. The first-order valence-corrected chi connectivity index (χ1v) is 2.48. The molecule has 0 saturated carbocycles. The van der Waals surface area contributed by atoms with E-state index >= 15 is 0 Å². The van der Waals surface area contributed by atoms with Crippen LogP contribution in [0.4, 0.5) is 0 Å². The first kappa shape index (κ1) is 7.81. The molecule has 0 aliphatic rings. The van der Waals surface area contributed by atoms with Gasteiger partial charge in [0, 0.05) is 12.4 Å². The summed E-state index contributed by atoms with van der Waals surface area (Å²) in [4.78, 5) is 0. The second-order valence-electron chi connectivity index (χ2n) is 1.60. The van der Waals surface area contributed by atoms with E-state index in [1.54, 1.807) is 13.8 Å². The molecule has 0 unspecified atom stereocenters. The first-order valence-electron chi connectivity index (χ1n) is 2.48. The number of nitrogens with two attached hydrogens (primary N) is 1. The number of rotatable bonds is 2. The molecule has 2 N–H and O–H groups in total. The van der Waals surface area contributed by atoms with Crippen molar-refractivity contribution in [1.82, 2.24) is 0 Å². The minimum absolute atomic E-state index is 0.641. The molecule has 0 aliphatic heterocycles. The first-order chi connectivity index (χ1) is 4.18. The highest BCUT2D eigenvalue weighted by Gasteiger charge is 1.85. The van der Waals surface area contributed by atoms with Crippen LogP contribution in [0.1, 0.15) is 13.8 Å². The Bertz CT molecular complexity index is 152. The van der Waals surface area contributed by atoms with Crippen molar-refractivity contribution in [2.24, 2.45) is 21.2 Å². The van der Waals surface area contributed by atoms with Gasteiger partial charge in [0.2, 0.25) is 0 Å². The SMILES string of the molecule is C=N/N=N\C(C)=C(\C)N. The Morgan fingerprint density at radius 1 is 1.44 bits per heavy atom. The van der Waals surface area contributed by atoms with Crippen molar-refractivity contribution >= 4 is 6.72 Å². The Labute approximate surface area is 54.2 Å². The molecule has 4 heteroatoms. The molecule has 0 heterocycles. The zero-order chi connectivity index (χ0) is 7.28. The monoisotopic (exact) mass is 126 g/mol. The van der Waals surface area contributed by atoms with Gasteiger partial charge in [0.25, 0.3) is 0 Å². The lowest BCUT2D eigenvalue weighted by Gasteiger charge is -1.89. The van der Waals surface area contributed by atoms with Gasteiger partial charge in [-0.25, -0.2) is 0 Å². The molecule has 0 saturated heterocycles. The van der Waals surface area contributed by atoms with Gasteiger partial charge >= 0.3 is 0 Å². The Morgan fingerprint density at radius 3 is 2.33 bits per heavy atom. The maximum atomic E-state index is 5.34. The summed E-state index contributed by atoms with van der Waals surface area (Å²) in [6, 6.07) is 0. The van der Waals surface area contributed by atoms with Crippen LogP contribution in [0.25, 0.3) is 0 Å². The molecule has 4 nitrogen and oxygen atoms in total. The summed E-state index contributed by atoms with van der Waals surface area (Å²) in [5.74, 6) is 0. The minimum atomic E-state index is 0.641. The smallest absolute Gasteiger partial charge is 0.0801 e. The van der Waals surface area contributed by atoms with Crippen molar-refractivity contribution in [3.05, 3.63) is 11.4 Å². The van der Waals surface area contributed by atoms with Crippen molar-refractivity contribution in [3.63, 3.8) is 0 Å². The number of hydrogen-bond donors (Lipinski definition) is 1. The molecule has 0 aromatic carbocycles. The lowest BCUT2D eigenvalue weighted by atomic mass is 10.4. The second kappa shape index (κ2) is 3.77. The molecule has 0 aromatic heterocycles. The lowest BCUT2D eigenvalue weighted by Crippen LogP contribution is -1.92. The van der Waals surface area contributed by atoms with Gasteiger partial charge in [0.15, 0.2) is 0 Å². The molecule has 0 spiro atoms. The van der Waals surface area contributed by atoms with Crippen molar-refractivity contribution in [3.8, 4) is 0 Å². The Morgan fingerprint density at radius 2 is 2.00 bits per heavy atom. The molecular formula is C5H10N4. The highest BCUT2D eigenvalue weighted by Crippen LogP contribution is 1.98. The van der Waals surface area contributed by atoms with E-state index in [0.29, 0.717) is 11.4 Å². The van der Waals surface area contributed by atoms with Gasteiger partial charge in [-0.3, -0.25) is 0 Å². The molecule has 50 valence electrons. The zero-order valence-electron chi connectivity index (χ0n) is 5.63. The average molecular weight is 126 g/mol. The molecule has 0 fully saturated rings. The predicted octanol–water partition coefficient (Wildman–Crippen LogP) is 1.26. The van der Waals surface area contributed by atoms with Gasteiger partial charge in [0.05, 0.1) is 5.70 Å². The third kappa shape index (κ3) is 3.40. The van der Waals surface area contributed by atoms with Gasteiger partial charge in [-0.1, -0.05) is 0 Å². The van der Waals surface area contributed by atoms with Crippen LogP contribution in [0.3, 0.4) is 0 Å². The topological polar surface area (TPSA) is 63.1 Å². The maximum Gasteiger partial charge on any atom is 0.0801 e. The minimum Gasteiger partial charge on any atom is -0.401 e. The molecule has 0 aliphatic carbocycles. The van der Waals surface area contributed by atoms with Gasteiger partial charge in [-0.05, 0) is 19.1 Å². The molecular weight excluding hydrogens is 116 g/mol. The third-order valence-corrected chi connectivity index (χ3v) is 0.829. The summed E-state index contributed by atoms with van der Waals surface area (Å²) in [6.07, 6.45) is 0. The molecule has 0 bridgehead atoms.